The Hall–Kier alpha value is -2.64. The second kappa shape index (κ2) is 4.56. The van der Waals surface area contributed by atoms with Gasteiger partial charge in [0, 0.05) is 19.5 Å². The molecule has 19 heavy (non-hydrogen) atoms. The first-order valence-electron chi connectivity index (χ1n) is 5.62. The van der Waals surface area contributed by atoms with Crippen LogP contribution in [0.2, 0.25) is 0 Å². The molecule has 100 valence electrons. The highest BCUT2D eigenvalue weighted by atomic mass is 16.6. The van der Waals surface area contributed by atoms with Crippen molar-refractivity contribution >= 4 is 28.3 Å². The zero-order valence-corrected chi connectivity index (χ0v) is 10.4. The van der Waals surface area contributed by atoms with Crippen LogP contribution in [0.5, 0.6) is 0 Å². The van der Waals surface area contributed by atoms with Gasteiger partial charge in [-0.2, -0.15) is 0 Å². The SMILES string of the molecule is CCn1c(=O)[nH]c2cc(NC(C)=O)c([N+](=O)[O-])cc21. The number of imidazole rings is 1. The molecule has 0 atom stereocenters. The maximum absolute atomic E-state index is 11.6. The normalized spacial score (nSPS) is 10.6. The van der Waals surface area contributed by atoms with Crippen LogP contribution in [-0.4, -0.2) is 20.4 Å². The molecule has 0 saturated heterocycles. The smallest absolute Gasteiger partial charge is 0.321 e. The van der Waals surface area contributed by atoms with Crippen molar-refractivity contribution in [2.45, 2.75) is 20.4 Å². The van der Waals surface area contributed by atoms with Gasteiger partial charge in [0.1, 0.15) is 5.69 Å². The lowest BCUT2D eigenvalue weighted by Gasteiger charge is -2.04. The fraction of sp³-hybridized carbons (Fsp3) is 0.273. The Bertz CT molecular complexity index is 728. The van der Waals surface area contributed by atoms with Gasteiger partial charge in [0.25, 0.3) is 5.69 Å². The molecule has 0 unspecified atom stereocenters. The first-order valence-corrected chi connectivity index (χ1v) is 5.62. The van der Waals surface area contributed by atoms with E-state index in [1.807, 2.05) is 0 Å². The van der Waals surface area contributed by atoms with Gasteiger partial charge >= 0.3 is 5.69 Å². The molecule has 1 heterocycles. The first-order chi connectivity index (χ1) is 8.93. The zero-order chi connectivity index (χ0) is 14.2. The average molecular weight is 264 g/mol. The quantitative estimate of drug-likeness (QED) is 0.641. The molecule has 0 aliphatic carbocycles. The number of nitrogens with zero attached hydrogens (tertiary/aromatic N) is 2. The number of hydrogen-bond acceptors (Lipinski definition) is 4. The number of H-pyrrole nitrogens is 1. The fourth-order valence-electron chi connectivity index (χ4n) is 1.95. The molecule has 0 radical (unpaired) electrons. The number of aryl methyl sites for hydroxylation is 1. The summed E-state index contributed by atoms with van der Waals surface area (Å²) in [5.74, 6) is -0.417. The molecule has 1 amide bonds. The lowest BCUT2D eigenvalue weighted by atomic mass is 10.2. The molecular formula is C11H12N4O4. The number of fused-ring (bicyclic) bond motifs is 1. The van der Waals surface area contributed by atoms with E-state index < -0.39 is 10.8 Å². The minimum Gasteiger partial charge on any atom is -0.321 e. The molecule has 0 aliphatic rings. The molecule has 1 aromatic heterocycles. The lowest BCUT2D eigenvalue weighted by Crippen LogP contribution is -2.15. The van der Waals surface area contributed by atoms with Crippen molar-refractivity contribution in [2.24, 2.45) is 0 Å². The lowest BCUT2D eigenvalue weighted by molar-refractivity contribution is -0.383. The molecule has 2 rings (SSSR count). The minimum atomic E-state index is -0.595. The van der Waals surface area contributed by atoms with Crippen LogP contribution in [0.15, 0.2) is 16.9 Å². The monoisotopic (exact) mass is 264 g/mol. The molecule has 0 aliphatic heterocycles. The van der Waals surface area contributed by atoms with Crippen LogP contribution in [0.4, 0.5) is 11.4 Å². The number of nitro groups is 1. The summed E-state index contributed by atoms with van der Waals surface area (Å²) < 4.78 is 1.39. The van der Waals surface area contributed by atoms with Crippen LogP contribution in [0.25, 0.3) is 11.0 Å². The fourth-order valence-corrected chi connectivity index (χ4v) is 1.95. The third kappa shape index (κ3) is 2.19. The van der Waals surface area contributed by atoms with Gasteiger partial charge < -0.3 is 10.3 Å². The van der Waals surface area contributed by atoms with Crippen LogP contribution in [0.3, 0.4) is 0 Å². The molecule has 2 N–H and O–H groups in total. The molecule has 2 aromatic rings. The van der Waals surface area contributed by atoms with E-state index in [1.54, 1.807) is 6.92 Å². The van der Waals surface area contributed by atoms with E-state index in [0.717, 1.165) is 0 Å². The Labute approximate surface area is 107 Å². The maximum Gasteiger partial charge on any atom is 0.326 e. The molecule has 8 heteroatoms. The predicted octanol–water partition coefficient (Wildman–Crippen LogP) is 1.22. The van der Waals surface area contributed by atoms with Crippen molar-refractivity contribution in [3.8, 4) is 0 Å². The molecule has 0 fully saturated rings. The Kier molecular flexibility index (Phi) is 3.07. The van der Waals surface area contributed by atoms with Crippen LogP contribution in [0.1, 0.15) is 13.8 Å². The van der Waals surface area contributed by atoms with Gasteiger partial charge in [-0.25, -0.2) is 4.79 Å². The number of hydrogen-bond donors (Lipinski definition) is 2. The average Bonchev–Trinajstić information content (AvgIpc) is 2.61. The van der Waals surface area contributed by atoms with E-state index in [2.05, 4.69) is 10.3 Å². The van der Waals surface area contributed by atoms with E-state index in [9.17, 15) is 19.7 Å². The number of carbonyl (C=O) groups excluding carboxylic acids is 1. The van der Waals surface area contributed by atoms with Crippen molar-refractivity contribution in [1.29, 1.82) is 0 Å². The summed E-state index contributed by atoms with van der Waals surface area (Å²) in [6.07, 6.45) is 0. The van der Waals surface area contributed by atoms with Crippen LogP contribution in [0, 0.1) is 10.1 Å². The van der Waals surface area contributed by atoms with Crippen molar-refractivity contribution in [2.75, 3.05) is 5.32 Å². The van der Waals surface area contributed by atoms with E-state index in [0.29, 0.717) is 17.6 Å². The standard InChI is InChI=1S/C11H12N4O4/c1-3-14-9-5-10(15(18)19)8(12-6(2)16)4-7(9)13-11(14)17/h4-5H,3H2,1-2H3,(H,12,16)(H,13,17). The third-order valence-electron chi connectivity index (χ3n) is 2.72. The van der Waals surface area contributed by atoms with Crippen LogP contribution < -0.4 is 11.0 Å². The molecule has 8 nitrogen and oxygen atoms in total. The summed E-state index contributed by atoms with van der Waals surface area (Å²) in [5, 5.41) is 13.4. The van der Waals surface area contributed by atoms with E-state index in [-0.39, 0.29) is 17.1 Å². The molecular weight excluding hydrogens is 252 g/mol. The first kappa shape index (κ1) is 12.8. The van der Waals surface area contributed by atoms with Gasteiger partial charge in [-0.3, -0.25) is 19.5 Å². The number of nitro benzene ring substituents is 1. The second-order valence-corrected chi connectivity index (χ2v) is 4.00. The van der Waals surface area contributed by atoms with Crippen molar-refractivity contribution in [3.63, 3.8) is 0 Å². The summed E-state index contributed by atoms with van der Waals surface area (Å²) in [5.41, 5.74) is 0.361. The maximum atomic E-state index is 11.6. The van der Waals surface area contributed by atoms with Crippen molar-refractivity contribution < 1.29 is 9.72 Å². The minimum absolute atomic E-state index is 0.0644. The Morgan fingerprint density at radius 1 is 1.53 bits per heavy atom. The molecule has 0 spiro atoms. The number of carbonyl (C=O) groups is 1. The van der Waals surface area contributed by atoms with E-state index in [4.69, 9.17) is 0 Å². The summed E-state index contributed by atoms with van der Waals surface area (Å²) >= 11 is 0. The summed E-state index contributed by atoms with van der Waals surface area (Å²) in [4.78, 5) is 35.7. The largest absolute Gasteiger partial charge is 0.326 e. The zero-order valence-electron chi connectivity index (χ0n) is 10.4. The number of aromatic amines is 1. The topological polar surface area (TPSA) is 110 Å². The molecule has 0 saturated carbocycles. The predicted molar refractivity (Wildman–Crippen MR) is 69.2 cm³/mol. The summed E-state index contributed by atoms with van der Waals surface area (Å²) in [6.45, 7) is 3.42. The highest BCUT2D eigenvalue weighted by Crippen LogP contribution is 2.28. The summed E-state index contributed by atoms with van der Waals surface area (Å²) in [6, 6.07) is 2.67. The number of nitrogens with one attached hydrogen (secondary N) is 2. The van der Waals surface area contributed by atoms with Crippen molar-refractivity contribution in [1.82, 2.24) is 9.55 Å². The van der Waals surface area contributed by atoms with Gasteiger partial charge in [-0.15, -0.1) is 0 Å². The Balaban J connectivity index is 2.76. The Morgan fingerprint density at radius 2 is 2.21 bits per heavy atom. The number of amides is 1. The Morgan fingerprint density at radius 3 is 2.74 bits per heavy atom. The molecule has 1 aromatic carbocycles. The van der Waals surface area contributed by atoms with Crippen molar-refractivity contribution in [3.05, 3.63) is 32.7 Å². The van der Waals surface area contributed by atoms with Crippen LogP contribution >= 0.6 is 0 Å². The van der Waals surface area contributed by atoms with E-state index >= 15 is 0 Å². The number of aromatic nitrogens is 2. The number of benzene rings is 1. The van der Waals surface area contributed by atoms with Gasteiger partial charge in [-0.1, -0.05) is 0 Å². The molecule has 0 bridgehead atoms. The summed E-state index contributed by atoms with van der Waals surface area (Å²) in [7, 11) is 0. The van der Waals surface area contributed by atoms with Gasteiger partial charge in [-0.05, 0) is 13.0 Å². The van der Waals surface area contributed by atoms with Crippen LogP contribution in [-0.2, 0) is 11.3 Å². The van der Waals surface area contributed by atoms with E-state index in [1.165, 1.54) is 23.6 Å². The van der Waals surface area contributed by atoms with Gasteiger partial charge in [0.2, 0.25) is 5.91 Å². The van der Waals surface area contributed by atoms with Gasteiger partial charge in [0.05, 0.1) is 16.0 Å². The number of anilines is 1. The van der Waals surface area contributed by atoms with Gasteiger partial charge in [0.15, 0.2) is 0 Å². The number of rotatable bonds is 3. The third-order valence-corrected chi connectivity index (χ3v) is 2.72. The highest BCUT2D eigenvalue weighted by molar-refractivity contribution is 5.95. The highest BCUT2D eigenvalue weighted by Gasteiger charge is 2.19. The second-order valence-electron chi connectivity index (χ2n) is 4.00.